The first kappa shape index (κ1) is 36.4. The highest BCUT2D eigenvalue weighted by molar-refractivity contribution is 6.04. The van der Waals surface area contributed by atoms with E-state index in [1.54, 1.807) is 0 Å². The lowest BCUT2D eigenvalue weighted by Gasteiger charge is -2.28. The Morgan fingerprint density at radius 2 is 0.550 bits per heavy atom. The first-order valence-corrected chi connectivity index (χ1v) is 20.5. The molecule has 0 bridgehead atoms. The first-order chi connectivity index (χ1) is 29.7. The Bertz CT molecular complexity index is 2910. The van der Waals surface area contributed by atoms with Crippen LogP contribution in [0.3, 0.4) is 0 Å². The van der Waals surface area contributed by atoms with Crippen molar-refractivity contribution >= 4 is 67.8 Å². The van der Waals surface area contributed by atoms with Gasteiger partial charge in [-0.15, -0.1) is 0 Å². The summed E-state index contributed by atoms with van der Waals surface area (Å²) < 4.78 is 0. The molecule has 0 N–H and O–H groups in total. The van der Waals surface area contributed by atoms with E-state index in [0.717, 1.165) is 45.3 Å². The number of fused-ring (bicyclic) bond motifs is 2. The Kier molecular flexibility index (Phi) is 10.0. The number of hydrogen-bond acceptors (Lipinski definition) is 2. The van der Waals surface area contributed by atoms with Crippen molar-refractivity contribution in [2.75, 3.05) is 9.80 Å². The van der Waals surface area contributed by atoms with Crippen molar-refractivity contribution in [3.05, 3.63) is 254 Å². The fourth-order valence-corrected chi connectivity index (χ4v) is 8.19. The minimum Gasteiger partial charge on any atom is -0.311 e. The second-order valence-corrected chi connectivity index (χ2v) is 15.0. The van der Waals surface area contributed by atoms with Gasteiger partial charge in [0.2, 0.25) is 0 Å². The molecule has 0 spiro atoms. The van der Waals surface area contributed by atoms with E-state index in [1.807, 2.05) is 0 Å². The third-order valence-electron chi connectivity index (χ3n) is 11.3. The maximum absolute atomic E-state index is 2.40. The smallest absolute Gasteiger partial charge is 0.0540 e. The van der Waals surface area contributed by atoms with Crippen molar-refractivity contribution in [3.63, 3.8) is 0 Å². The molecule has 0 saturated heterocycles. The van der Waals surface area contributed by atoms with Gasteiger partial charge >= 0.3 is 0 Å². The van der Waals surface area contributed by atoms with Crippen LogP contribution in [0.1, 0.15) is 11.1 Å². The van der Waals surface area contributed by atoms with Crippen molar-refractivity contribution in [2.45, 2.75) is 0 Å². The Labute approximate surface area is 352 Å². The number of rotatable bonds is 10. The minimum atomic E-state index is 1.12. The number of nitrogens with zero attached hydrogens (tertiary/aromatic N) is 2. The molecule has 10 rings (SSSR count). The van der Waals surface area contributed by atoms with E-state index in [-0.39, 0.29) is 0 Å². The highest BCUT2D eigenvalue weighted by Gasteiger charge is 2.18. The van der Waals surface area contributed by atoms with Gasteiger partial charge in [-0.05, 0) is 105 Å². The lowest BCUT2D eigenvalue weighted by atomic mass is 10.0. The number of para-hydroxylation sites is 2. The summed E-state index contributed by atoms with van der Waals surface area (Å²) in [7, 11) is 0. The molecule has 0 atom stereocenters. The lowest BCUT2D eigenvalue weighted by Crippen LogP contribution is -2.11. The van der Waals surface area contributed by atoms with Crippen LogP contribution in [0.4, 0.5) is 34.1 Å². The number of benzene rings is 10. The topological polar surface area (TPSA) is 6.48 Å². The van der Waals surface area contributed by atoms with E-state index in [0.29, 0.717) is 0 Å². The summed E-state index contributed by atoms with van der Waals surface area (Å²) in [5.41, 5.74) is 13.9. The second kappa shape index (κ2) is 16.5. The summed E-state index contributed by atoms with van der Waals surface area (Å²) in [5, 5.41) is 4.88. The Morgan fingerprint density at radius 3 is 0.967 bits per heavy atom. The average molecular weight is 767 g/mol. The van der Waals surface area contributed by atoms with Crippen LogP contribution in [-0.2, 0) is 0 Å². The van der Waals surface area contributed by atoms with Crippen LogP contribution in [0.25, 0.3) is 56.0 Å². The van der Waals surface area contributed by atoms with Crippen LogP contribution in [0.15, 0.2) is 243 Å². The zero-order valence-electron chi connectivity index (χ0n) is 33.1. The molecule has 2 heteroatoms. The lowest BCUT2D eigenvalue weighted by molar-refractivity contribution is 1.28. The third kappa shape index (κ3) is 7.46. The summed E-state index contributed by atoms with van der Waals surface area (Å²) in [6, 6.07) is 86.8. The fourth-order valence-electron chi connectivity index (χ4n) is 8.19. The van der Waals surface area contributed by atoms with Crippen molar-refractivity contribution < 1.29 is 0 Å². The molecule has 10 aromatic carbocycles. The molecule has 0 aliphatic carbocycles. The molecular formula is C58H42N2. The Morgan fingerprint density at radius 1 is 0.233 bits per heavy atom. The van der Waals surface area contributed by atoms with E-state index in [2.05, 4.69) is 265 Å². The Balaban J connectivity index is 0.855. The molecule has 0 aliphatic rings. The largest absolute Gasteiger partial charge is 0.311 e. The van der Waals surface area contributed by atoms with E-state index in [4.69, 9.17) is 0 Å². The summed E-state index contributed by atoms with van der Waals surface area (Å²) >= 11 is 0. The van der Waals surface area contributed by atoms with Gasteiger partial charge in [0.05, 0.1) is 11.4 Å². The standard InChI is InChI=1S/C58H42N2/c1-3-17-51(18-4-1)59(52-19-5-2-6-20-52)53-39-35-47(36-40-53)45-31-27-43(28-32-45)25-26-44-29-33-46(34-30-44)48-37-41-54(42-38-48)60(57-23-11-15-49-13-7-9-21-55(49)57)58-24-12-16-50-14-8-10-22-56(50)58/h1-42H. The molecule has 0 radical (unpaired) electrons. The second-order valence-electron chi connectivity index (χ2n) is 15.0. The number of hydrogen-bond donors (Lipinski definition) is 0. The molecule has 0 aliphatic heterocycles. The van der Waals surface area contributed by atoms with Gasteiger partial charge in [0.15, 0.2) is 0 Å². The molecule has 0 aromatic heterocycles. The van der Waals surface area contributed by atoms with Crippen LogP contribution in [0.5, 0.6) is 0 Å². The van der Waals surface area contributed by atoms with Crippen molar-refractivity contribution in [1.82, 2.24) is 0 Å². The highest BCUT2D eigenvalue weighted by Crippen LogP contribution is 2.42. The molecule has 0 saturated carbocycles. The SMILES string of the molecule is C(=Cc1ccc(-c2ccc(N(c3cccc4ccccc34)c3cccc4ccccc34)cc2)cc1)c1ccc(-c2ccc(N(c3ccccc3)c3ccccc3)cc2)cc1. The van der Waals surface area contributed by atoms with Gasteiger partial charge in [-0.25, -0.2) is 0 Å². The van der Waals surface area contributed by atoms with Gasteiger partial charge in [-0.1, -0.05) is 194 Å². The van der Waals surface area contributed by atoms with Gasteiger partial charge in [0.1, 0.15) is 0 Å². The molecular weight excluding hydrogens is 725 g/mol. The van der Waals surface area contributed by atoms with E-state index in [1.165, 1.54) is 43.8 Å². The summed E-state index contributed by atoms with van der Waals surface area (Å²) in [5.74, 6) is 0. The van der Waals surface area contributed by atoms with Crippen LogP contribution in [-0.4, -0.2) is 0 Å². The highest BCUT2D eigenvalue weighted by atomic mass is 15.1. The molecule has 10 aromatic rings. The molecule has 0 amide bonds. The zero-order valence-corrected chi connectivity index (χ0v) is 33.1. The van der Waals surface area contributed by atoms with Gasteiger partial charge in [-0.2, -0.15) is 0 Å². The maximum atomic E-state index is 2.40. The van der Waals surface area contributed by atoms with Crippen LogP contribution in [0, 0.1) is 0 Å². The molecule has 284 valence electrons. The van der Waals surface area contributed by atoms with Crippen LogP contribution < -0.4 is 9.80 Å². The predicted molar refractivity (Wildman–Crippen MR) is 257 cm³/mol. The van der Waals surface area contributed by atoms with Crippen LogP contribution in [0.2, 0.25) is 0 Å². The normalized spacial score (nSPS) is 11.3. The molecule has 0 fully saturated rings. The molecule has 0 heterocycles. The summed E-state index contributed by atoms with van der Waals surface area (Å²) in [6.45, 7) is 0. The van der Waals surface area contributed by atoms with Crippen molar-refractivity contribution in [1.29, 1.82) is 0 Å². The van der Waals surface area contributed by atoms with Crippen molar-refractivity contribution in [3.8, 4) is 22.3 Å². The third-order valence-corrected chi connectivity index (χ3v) is 11.3. The average Bonchev–Trinajstić information content (AvgIpc) is 3.33. The quantitative estimate of drug-likeness (QED) is 0.128. The minimum absolute atomic E-state index is 1.12. The van der Waals surface area contributed by atoms with E-state index in [9.17, 15) is 0 Å². The molecule has 0 unspecified atom stereocenters. The van der Waals surface area contributed by atoms with E-state index < -0.39 is 0 Å². The van der Waals surface area contributed by atoms with Gasteiger partial charge in [0.25, 0.3) is 0 Å². The maximum Gasteiger partial charge on any atom is 0.0540 e. The summed E-state index contributed by atoms with van der Waals surface area (Å²) in [6.07, 6.45) is 4.37. The van der Waals surface area contributed by atoms with Gasteiger partial charge in [-0.3, -0.25) is 0 Å². The van der Waals surface area contributed by atoms with E-state index >= 15 is 0 Å². The Hall–Kier alpha value is -7.94. The van der Waals surface area contributed by atoms with Gasteiger partial charge < -0.3 is 9.80 Å². The summed E-state index contributed by atoms with van der Waals surface area (Å²) in [4.78, 5) is 4.69. The zero-order chi connectivity index (χ0) is 40.1. The molecule has 60 heavy (non-hydrogen) atoms. The fraction of sp³-hybridized carbons (Fsp3) is 0. The first-order valence-electron chi connectivity index (χ1n) is 20.5. The number of anilines is 6. The van der Waals surface area contributed by atoms with Gasteiger partial charge in [0, 0.05) is 33.5 Å². The predicted octanol–water partition coefficient (Wildman–Crippen LogP) is 16.4. The monoisotopic (exact) mass is 766 g/mol. The van der Waals surface area contributed by atoms with Crippen LogP contribution >= 0.6 is 0 Å². The molecule has 2 nitrogen and oxygen atoms in total. The van der Waals surface area contributed by atoms with Crippen molar-refractivity contribution in [2.24, 2.45) is 0 Å².